The standard InChI is InChI=1S/C11H10INO3/c1-2-16-9(14)5-7-3-4-8(6-13)10(12)11(7)15/h3-4,15H,2,5H2,1H3. The Morgan fingerprint density at radius 1 is 1.62 bits per heavy atom. The van der Waals surface area contributed by atoms with Crippen LogP contribution in [0.25, 0.3) is 0 Å². The molecule has 5 heteroatoms. The minimum absolute atomic E-state index is 0.0153. The third kappa shape index (κ3) is 2.85. The number of phenolic OH excluding ortho intramolecular Hbond substituents is 1. The molecule has 0 radical (unpaired) electrons. The van der Waals surface area contributed by atoms with Gasteiger partial charge in [0.2, 0.25) is 0 Å². The van der Waals surface area contributed by atoms with Crippen molar-refractivity contribution in [3.63, 3.8) is 0 Å². The molecule has 0 spiro atoms. The number of hydrogen-bond donors (Lipinski definition) is 1. The largest absolute Gasteiger partial charge is 0.506 e. The monoisotopic (exact) mass is 331 g/mol. The summed E-state index contributed by atoms with van der Waals surface area (Å²) in [5.74, 6) is -0.411. The van der Waals surface area contributed by atoms with E-state index in [2.05, 4.69) is 0 Å². The number of nitriles is 1. The molecule has 0 saturated carbocycles. The first-order chi connectivity index (χ1) is 7.60. The molecule has 0 aliphatic rings. The SMILES string of the molecule is CCOC(=O)Cc1ccc(C#N)c(I)c1O. The fourth-order valence-electron chi connectivity index (χ4n) is 1.20. The van der Waals surface area contributed by atoms with Crippen LogP contribution < -0.4 is 0 Å². The van der Waals surface area contributed by atoms with E-state index in [4.69, 9.17) is 10.00 Å². The van der Waals surface area contributed by atoms with Crippen molar-refractivity contribution < 1.29 is 14.6 Å². The van der Waals surface area contributed by atoms with Gasteiger partial charge in [0, 0.05) is 5.56 Å². The molecule has 0 amide bonds. The molecule has 84 valence electrons. The first kappa shape index (κ1) is 12.8. The lowest BCUT2D eigenvalue weighted by molar-refractivity contribution is -0.142. The smallest absolute Gasteiger partial charge is 0.310 e. The van der Waals surface area contributed by atoms with Gasteiger partial charge < -0.3 is 9.84 Å². The van der Waals surface area contributed by atoms with Crippen LogP contribution in [0.3, 0.4) is 0 Å². The van der Waals surface area contributed by atoms with Crippen LogP contribution in [0.2, 0.25) is 0 Å². The Hall–Kier alpha value is -1.29. The summed E-state index contributed by atoms with van der Waals surface area (Å²) >= 11 is 1.87. The molecule has 0 bridgehead atoms. The quantitative estimate of drug-likeness (QED) is 0.679. The van der Waals surface area contributed by atoms with Crippen LogP contribution in [-0.4, -0.2) is 17.7 Å². The predicted octanol–water partition coefficient (Wildman–Crippen LogP) is 1.97. The predicted molar refractivity (Wildman–Crippen MR) is 65.9 cm³/mol. The molecule has 0 aliphatic carbocycles. The Morgan fingerprint density at radius 2 is 2.31 bits per heavy atom. The molecule has 0 atom stereocenters. The topological polar surface area (TPSA) is 70.3 Å². The molecule has 1 aromatic rings. The highest BCUT2D eigenvalue weighted by molar-refractivity contribution is 14.1. The van der Waals surface area contributed by atoms with Crippen LogP contribution in [-0.2, 0) is 16.0 Å². The van der Waals surface area contributed by atoms with Gasteiger partial charge in [-0.2, -0.15) is 5.26 Å². The maximum absolute atomic E-state index is 11.2. The lowest BCUT2D eigenvalue weighted by Gasteiger charge is -2.07. The molecule has 1 rings (SSSR count). The molecular weight excluding hydrogens is 321 g/mol. The van der Waals surface area contributed by atoms with Gasteiger partial charge in [0.05, 0.1) is 22.2 Å². The van der Waals surface area contributed by atoms with Gasteiger partial charge in [-0.15, -0.1) is 0 Å². The number of halogens is 1. The first-order valence-corrected chi connectivity index (χ1v) is 5.74. The molecule has 0 unspecified atom stereocenters. The number of benzene rings is 1. The van der Waals surface area contributed by atoms with Crippen LogP contribution in [0.1, 0.15) is 18.1 Å². The number of phenols is 1. The van der Waals surface area contributed by atoms with Crippen molar-refractivity contribution in [1.82, 2.24) is 0 Å². The highest BCUT2D eigenvalue weighted by Gasteiger charge is 2.13. The van der Waals surface area contributed by atoms with Crippen LogP contribution in [0.5, 0.6) is 5.75 Å². The third-order valence-electron chi connectivity index (χ3n) is 1.96. The van der Waals surface area contributed by atoms with Crippen LogP contribution in [0.4, 0.5) is 0 Å². The highest BCUT2D eigenvalue weighted by Crippen LogP contribution is 2.27. The fourth-order valence-corrected chi connectivity index (χ4v) is 1.85. The van der Waals surface area contributed by atoms with Crippen LogP contribution >= 0.6 is 22.6 Å². The number of rotatable bonds is 3. The van der Waals surface area contributed by atoms with Crippen LogP contribution in [0, 0.1) is 14.9 Å². The van der Waals surface area contributed by atoms with E-state index in [1.165, 1.54) is 0 Å². The van der Waals surface area contributed by atoms with Gasteiger partial charge in [0.1, 0.15) is 11.8 Å². The van der Waals surface area contributed by atoms with Crippen molar-refractivity contribution in [2.75, 3.05) is 6.61 Å². The summed E-state index contributed by atoms with van der Waals surface area (Å²) in [6.07, 6.45) is 0.0153. The van der Waals surface area contributed by atoms with E-state index < -0.39 is 5.97 Å². The van der Waals surface area contributed by atoms with Gasteiger partial charge >= 0.3 is 5.97 Å². The number of esters is 1. The summed E-state index contributed by atoms with van der Waals surface area (Å²) in [6.45, 7) is 2.03. The normalized spacial score (nSPS) is 9.56. The molecule has 0 aliphatic heterocycles. The Bertz CT molecular complexity index is 451. The second-order valence-electron chi connectivity index (χ2n) is 3.03. The average molecular weight is 331 g/mol. The zero-order chi connectivity index (χ0) is 12.1. The zero-order valence-corrected chi connectivity index (χ0v) is 10.8. The van der Waals surface area contributed by atoms with Crippen molar-refractivity contribution in [1.29, 1.82) is 5.26 Å². The molecule has 0 heterocycles. The van der Waals surface area contributed by atoms with Gasteiger partial charge in [0.25, 0.3) is 0 Å². The summed E-state index contributed by atoms with van der Waals surface area (Å²) in [5, 5.41) is 18.5. The zero-order valence-electron chi connectivity index (χ0n) is 8.66. The van der Waals surface area contributed by atoms with Gasteiger partial charge in [0.15, 0.2) is 0 Å². The number of nitrogens with zero attached hydrogens (tertiary/aromatic N) is 1. The van der Waals surface area contributed by atoms with Crippen molar-refractivity contribution in [3.8, 4) is 11.8 Å². The maximum atomic E-state index is 11.2. The van der Waals surface area contributed by atoms with Gasteiger partial charge in [-0.3, -0.25) is 4.79 Å². The minimum Gasteiger partial charge on any atom is -0.506 e. The molecule has 0 aromatic heterocycles. The van der Waals surface area contributed by atoms with E-state index in [1.807, 2.05) is 28.7 Å². The number of ether oxygens (including phenoxy) is 1. The van der Waals surface area contributed by atoms with E-state index in [0.29, 0.717) is 21.3 Å². The number of hydrogen-bond acceptors (Lipinski definition) is 4. The van der Waals surface area contributed by atoms with E-state index in [1.54, 1.807) is 19.1 Å². The number of carbonyl (C=O) groups is 1. The highest BCUT2D eigenvalue weighted by atomic mass is 127. The van der Waals surface area contributed by atoms with Crippen molar-refractivity contribution >= 4 is 28.6 Å². The number of aromatic hydroxyl groups is 1. The second-order valence-corrected chi connectivity index (χ2v) is 4.11. The van der Waals surface area contributed by atoms with Gasteiger partial charge in [-0.05, 0) is 35.6 Å². The molecule has 1 aromatic carbocycles. The molecule has 4 nitrogen and oxygen atoms in total. The fraction of sp³-hybridized carbons (Fsp3) is 0.273. The Kier molecular flexibility index (Phi) is 4.55. The Balaban J connectivity index is 2.96. The molecular formula is C11H10INO3. The van der Waals surface area contributed by atoms with E-state index in [-0.39, 0.29) is 12.2 Å². The lowest BCUT2D eigenvalue weighted by Crippen LogP contribution is -2.08. The van der Waals surface area contributed by atoms with E-state index in [0.717, 1.165) is 0 Å². The van der Waals surface area contributed by atoms with Crippen molar-refractivity contribution in [2.45, 2.75) is 13.3 Å². The van der Waals surface area contributed by atoms with E-state index >= 15 is 0 Å². The first-order valence-electron chi connectivity index (χ1n) is 4.66. The molecule has 0 fully saturated rings. The van der Waals surface area contributed by atoms with Gasteiger partial charge in [-0.1, -0.05) is 6.07 Å². The molecule has 0 saturated heterocycles. The summed E-state index contributed by atoms with van der Waals surface area (Å²) in [7, 11) is 0. The Morgan fingerprint density at radius 3 is 2.88 bits per heavy atom. The average Bonchev–Trinajstić information content (AvgIpc) is 2.25. The minimum atomic E-state index is -0.390. The van der Waals surface area contributed by atoms with Crippen molar-refractivity contribution in [3.05, 3.63) is 26.8 Å². The van der Waals surface area contributed by atoms with E-state index in [9.17, 15) is 9.90 Å². The maximum Gasteiger partial charge on any atom is 0.310 e. The second kappa shape index (κ2) is 5.70. The molecule has 1 N–H and O–H groups in total. The van der Waals surface area contributed by atoms with Crippen molar-refractivity contribution in [2.24, 2.45) is 0 Å². The third-order valence-corrected chi connectivity index (χ3v) is 3.05. The van der Waals surface area contributed by atoms with Gasteiger partial charge in [-0.25, -0.2) is 0 Å². The molecule has 16 heavy (non-hydrogen) atoms. The lowest BCUT2D eigenvalue weighted by atomic mass is 10.1. The summed E-state index contributed by atoms with van der Waals surface area (Å²) in [5.41, 5.74) is 0.868. The van der Waals surface area contributed by atoms with Crippen LogP contribution in [0.15, 0.2) is 12.1 Å². The summed E-state index contributed by atoms with van der Waals surface area (Å²) in [4.78, 5) is 11.2. The summed E-state index contributed by atoms with van der Waals surface area (Å²) < 4.78 is 5.24. The Labute approximate surface area is 107 Å². The summed E-state index contributed by atoms with van der Waals surface area (Å²) in [6, 6.07) is 5.10. The number of carbonyl (C=O) groups excluding carboxylic acids is 1.